The van der Waals surface area contributed by atoms with Crippen molar-refractivity contribution in [3.05, 3.63) is 35.4 Å². The molecule has 1 aromatic rings. The number of amidine groups is 1. The van der Waals surface area contributed by atoms with Gasteiger partial charge in [-0.15, -0.1) is 0 Å². The van der Waals surface area contributed by atoms with Gasteiger partial charge in [-0.25, -0.2) is 10.3 Å². The highest BCUT2D eigenvalue weighted by atomic mass is 19.2. The van der Waals surface area contributed by atoms with Gasteiger partial charge < -0.3 is 4.74 Å². The molecule has 0 saturated heterocycles. The Morgan fingerprint density at radius 3 is 2.53 bits per heavy atom. The number of methoxy groups -OCH3 is 1. The van der Waals surface area contributed by atoms with Crippen LogP contribution < -0.4 is 5.48 Å². The summed E-state index contributed by atoms with van der Waals surface area (Å²) >= 11 is 0. The molecule has 80 valence electrons. The van der Waals surface area contributed by atoms with Gasteiger partial charge in [0.2, 0.25) is 0 Å². The SMILES string of the molecule is COC(=O)c1ccccc1/C(=N/F)NO. The van der Waals surface area contributed by atoms with Gasteiger partial charge in [0.15, 0.2) is 5.84 Å². The molecule has 0 heterocycles. The molecule has 15 heavy (non-hydrogen) atoms. The van der Waals surface area contributed by atoms with Crippen LogP contribution in [0, 0.1) is 0 Å². The van der Waals surface area contributed by atoms with E-state index in [1.165, 1.54) is 19.2 Å². The normalized spacial score (nSPS) is 11.0. The smallest absolute Gasteiger partial charge is 0.338 e. The van der Waals surface area contributed by atoms with Crippen molar-refractivity contribution in [3.63, 3.8) is 0 Å². The molecule has 0 amide bonds. The van der Waals surface area contributed by atoms with E-state index >= 15 is 0 Å². The fourth-order valence-corrected chi connectivity index (χ4v) is 1.10. The Bertz CT molecular complexity index is 393. The summed E-state index contributed by atoms with van der Waals surface area (Å²) in [5.74, 6) is -1.09. The van der Waals surface area contributed by atoms with Crippen molar-refractivity contribution < 1.29 is 19.2 Å². The number of nitrogens with one attached hydrogen (secondary N) is 1. The number of hydrogen-bond donors (Lipinski definition) is 2. The van der Waals surface area contributed by atoms with Crippen LogP contribution >= 0.6 is 0 Å². The first kappa shape index (κ1) is 11.1. The summed E-state index contributed by atoms with van der Waals surface area (Å²) in [4.78, 5) is 11.3. The molecule has 5 nitrogen and oxygen atoms in total. The number of nitrogens with zero attached hydrogens (tertiary/aromatic N) is 1. The third-order valence-electron chi connectivity index (χ3n) is 1.78. The molecular formula is C9H9FN2O3. The minimum absolute atomic E-state index is 0.109. The van der Waals surface area contributed by atoms with Crippen LogP contribution in [0.2, 0.25) is 0 Å². The third kappa shape index (κ3) is 2.29. The molecule has 0 spiro atoms. The zero-order valence-corrected chi connectivity index (χ0v) is 7.90. The molecule has 0 radical (unpaired) electrons. The van der Waals surface area contributed by atoms with Crippen molar-refractivity contribution in [1.82, 2.24) is 5.48 Å². The molecule has 0 aliphatic heterocycles. The molecule has 0 aliphatic rings. The van der Waals surface area contributed by atoms with E-state index in [0.29, 0.717) is 0 Å². The predicted molar refractivity (Wildman–Crippen MR) is 50.3 cm³/mol. The van der Waals surface area contributed by atoms with Crippen molar-refractivity contribution >= 4 is 11.8 Å². The molecule has 1 rings (SSSR count). The molecule has 0 bridgehead atoms. The van der Waals surface area contributed by atoms with Gasteiger partial charge >= 0.3 is 5.97 Å². The van der Waals surface area contributed by atoms with Gasteiger partial charge in [-0.2, -0.15) is 0 Å². The van der Waals surface area contributed by atoms with E-state index < -0.39 is 11.8 Å². The Hall–Kier alpha value is -1.95. The lowest BCUT2D eigenvalue weighted by Gasteiger charge is -2.07. The van der Waals surface area contributed by atoms with Crippen LogP contribution in [0.15, 0.2) is 29.5 Å². The van der Waals surface area contributed by atoms with Gasteiger partial charge in [0.05, 0.1) is 12.7 Å². The van der Waals surface area contributed by atoms with E-state index in [1.807, 2.05) is 0 Å². The fourth-order valence-electron chi connectivity index (χ4n) is 1.10. The molecule has 0 unspecified atom stereocenters. The summed E-state index contributed by atoms with van der Waals surface area (Å²) in [6.07, 6.45) is 0. The third-order valence-corrected chi connectivity index (χ3v) is 1.78. The van der Waals surface area contributed by atoms with Gasteiger partial charge in [-0.1, -0.05) is 27.9 Å². The Morgan fingerprint density at radius 2 is 2.07 bits per heavy atom. The summed E-state index contributed by atoms with van der Waals surface area (Å²) in [6, 6.07) is 6.02. The Kier molecular flexibility index (Phi) is 3.75. The number of ether oxygens (including phenoxy) is 1. The Labute approximate surface area is 85.1 Å². The van der Waals surface area contributed by atoms with E-state index in [1.54, 1.807) is 17.6 Å². The minimum Gasteiger partial charge on any atom is -0.465 e. The van der Waals surface area contributed by atoms with E-state index in [0.717, 1.165) is 0 Å². The zero-order valence-electron chi connectivity index (χ0n) is 7.90. The summed E-state index contributed by atoms with van der Waals surface area (Å²) in [7, 11) is 1.21. The second-order valence-corrected chi connectivity index (χ2v) is 2.58. The monoisotopic (exact) mass is 212 g/mol. The topological polar surface area (TPSA) is 70.9 Å². The van der Waals surface area contributed by atoms with Crippen molar-refractivity contribution in [2.24, 2.45) is 5.21 Å². The molecule has 0 fully saturated rings. The van der Waals surface area contributed by atoms with Crippen LogP contribution in [0.4, 0.5) is 4.48 Å². The van der Waals surface area contributed by atoms with Crippen molar-refractivity contribution in [3.8, 4) is 0 Å². The molecule has 6 heteroatoms. The second-order valence-electron chi connectivity index (χ2n) is 2.58. The lowest BCUT2D eigenvalue weighted by atomic mass is 10.1. The fraction of sp³-hybridized carbons (Fsp3) is 0.111. The number of benzene rings is 1. The molecular weight excluding hydrogens is 203 g/mol. The maximum atomic E-state index is 12.1. The van der Waals surface area contributed by atoms with E-state index in [9.17, 15) is 9.28 Å². The average Bonchev–Trinajstić information content (AvgIpc) is 2.30. The molecule has 0 saturated carbocycles. The number of hydroxylamine groups is 1. The number of carbonyl (C=O) groups excluding carboxylic acids is 1. The van der Waals surface area contributed by atoms with Crippen molar-refractivity contribution in [2.75, 3.05) is 7.11 Å². The van der Waals surface area contributed by atoms with Gasteiger partial charge in [-0.3, -0.25) is 5.21 Å². The van der Waals surface area contributed by atoms with Crippen LogP contribution in [-0.4, -0.2) is 24.1 Å². The van der Waals surface area contributed by atoms with Crippen molar-refractivity contribution in [2.45, 2.75) is 0 Å². The second kappa shape index (κ2) is 5.06. The molecule has 2 N–H and O–H groups in total. The molecule has 1 aromatic carbocycles. The standard InChI is InChI=1S/C9H9FN2O3/c1-15-9(13)7-5-3-2-4-6(7)8(11-10)12-14/h2-5,14H,1H3,(H,11,12). The first-order valence-corrected chi connectivity index (χ1v) is 4.01. The van der Waals surface area contributed by atoms with E-state index in [-0.39, 0.29) is 11.1 Å². The highest BCUT2D eigenvalue weighted by molar-refractivity contribution is 6.07. The van der Waals surface area contributed by atoms with Gasteiger partial charge in [0.25, 0.3) is 0 Å². The summed E-state index contributed by atoms with van der Waals surface area (Å²) in [5, 5.41) is 10.9. The van der Waals surface area contributed by atoms with E-state index in [2.05, 4.69) is 9.95 Å². The van der Waals surface area contributed by atoms with Gasteiger partial charge in [0, 0.05) is 5.56 Å². The Morgan fingerprint density at radius 1 is 1.47 bits per heavy atom. The minimum atomic E-state index is -0.637. The molecule has 0 atom stereocenters. The Balaban J connectivity index is 3.23. The maximum Gasteiger partial charge on any atom is 0.338 e. The first-order chi connectivity index (χ1) is 7.24. The first-order valence-electron chi connectivity index (χ1n) is 4.01. The predicted octanol–water partition coefficient (Wildman–Crippen LogP) is 1.08. The summed E-state index contributed by atoms with van der Waals surface area (Å²) in [6.45, 7) is 0. The number of rotatable bonds is 2. The van der Waals surface area contributed by atoms with Gasteiger partial charge in [0.1, 0.15) is 0 Å². The number of carbonyl (C=O) groups is 1. The summed E-state index contributed by atoms with van der Waals surface area (Å²) in [5.41, 5.74) is 1.78. The van der Waals surface area contributed by atoms with Crippen LogP contribution in [0.25, 0.3) is 0 Å². The lowest BCUT2D eigenvalue weighted by molar-refractivity contribution is 0.0600. The largest absolute Gasteiger partial charge is 0.465 e. The van der Waals surface area contributed by atoms with Crippen LogP contribution in [0.3, 0.4) is 0 Å². The molecule has 0 aromatic heterocycles. The number of hydrogen-bond acceptors (Lipinski definition) is 4. The van der Waals surface area contributed by atoms with E-state index in [4.69, 9.17) is 5.21 Å². The number of esters is 1. The highest BCUT2D eigenvalue weighted by Crippen LogP contribution is 2.10. The highest BCUT2D eigenvalue weighted by Gasteiger charge is 2.15. The lowest BCUT2D eigenvalue weighted by Crippen LogP contribution is -2.22. The van der Waals surface area contributed by atoms with Crippen LogP contribution in [0.5, 0.6) is 0 Å². The number of halogens is 1. The van der Waals surface area contributed by atoms with Crippen LogP contribution in [0.1, 0.15) is 15.9 Å². The summed E-state index contributed by atoms with van der Waals surface area (Å²) < 4.78 is 16.6. The van der Waals surface area contributed by atoms with Crippen LogP contribution in [-0.2, 0) is 4.74 Å². The maximum absolute atomic E-state index is 12.1. The van der Waals surface area contributed by atoms with Gasteiger partial charge in [-0.05, 0) is 6.07 Å². The molecule has 0 aliphatic carbocycles. The quantitative estimate of drug-likeness (QED) is 0.333. The average molecular weight is 212 g/mol. The van der Waals surface area contributed by atoms with Crippen molar-refractivity contribution in [1.29, 1.82) is 0 Å². The zero-order chi connectivity index (χ0) is 11.3.